The summed E-state index contributed by atoms with van der Waals surface area (Å²) < 4.78 is 38.8. The molecule has 1 saturated heterocycles. The average Bonchev–Trinajstić information content (AvgIpc) is 3.25. The molecular weight excluding hydrogens is 447 g/mol. The van der Waals surface area contributed by atoms with E-state index < -0.39 is 9.84 Å². The first-order chi connectivity index (χ1) is 14.3. The number of carbonyl (C=O) groups excluding carboxylic acids is 1. The molecule has 9 heteroatoms. The molecule has 30 heavy (non-hydrogen) atoms. The summed E-state index contributed by atoms with van der Waals surface area (Å²) in [6, 6.07) is 15.3. The van der Waals surface area contributed by atoms with Crippen LogP contribution in [0.1, 0.15) is 9.67 Å². The highest BCUT2D eigenvalue weighted by atomic mass is 35.5. The number of sulfone groups is 1. The Labute approximate surface area is 183 Å². The lowest BCUT2D eigenvalue weighted by Gasteiger charge is -2.36. The van der Waals surface area contributed by atoms with Crippen molar-refractivity contribution in [2.45, 2.75) is 9.10 Å². The van der Waals surface area contributed by atoms with Gasteiger partial charge in [-0.1, -0.05) is 11.6 Å². The molecule has 0 saturated carbocycles. The summed E-state index contributed by atoms with van der Waals surface area (Å²) in [5.74, 6) is -0.467. The van der Waals surface area contributed by atoms with Crippen LogP contribution in [-0.2, 0) is 9.84 Å². The van der Waals surface area contributed by atoms with Crippen molar-refractivity contribution in [2.24, 2.45) is 0 Å². The number of nitrogens with zero attached hydrogens (tertiary/aromatic N) is 2. The van der Waals surface area contributed by atoms with Crippen molar-refractivity contribution in [1.29, 1.82) is 0 Å². The molecule has 0 atom stereocenters. The van der Waals surface area contributed by atoms with E-state index >= 15 is 0 Å². The van der Waals surface area contributed by atoms with Gasteiger partial charge >= 0.3 is 0 Å². The summed E-state index contributed by atoms with van der Waals surface area (Å²) >= 11 is 6.81. The van der Waals surface area contributed by atoms with E-state index in [-0.39, 0.29) is 20.8 Å². The Morgan fingerprint density at radius 1 is 0.900 bits per heavy atom. The van der Waals surface area contributed by atoms with Crippen LogP contribution >= 0.6 is 22.9 Å². The van der Waals surface area contributed by atoms with E-state index in [1.807, 2.05) is 0 Å². The highest BCUT2D eigenvalue weighted by Gasteiger charge is 2.26. The SMILES string of the molecule is O=C(c1ccc(S(=O)(=O)c2ccc(Cl)cc2)s1)N1CCN(c2ccc(F)cc2)CC1. The number of thiophene rings is 1. The van der Waals surface area contributed by atoms with Gasteiger partial charge < -0.3 is 9.80 Å². The second-order valence-electron chi connectivity index (χ2n) is 6.83. The van der Waals surface area contributed by atoms with Crippen LogP contribution in [0.15, 0.2) is 69.8 Å². The number of carbonyl (C=O) groups is 1. The lowest BCUT2D eigenvalue weighted by molar-refractivity contribution is 0.0751. The molecule has 0 unspecified atom stereocenters. The molecule has 1 fully saturated rings. The van der Waals surface area contributed by atoms with E-state index in [2.05, 4.69) is 4.90 Å². The highest BCUT2D eigenvalue weighted by Crippen LogP contribution is 2.29. The lowest BCUT2D eigenvalue weighted by Crippen LogP contribution is -2.48. The van der Waals surface area contributed by atoms with E-state index in [1.165, 1.54) is 42.5 Å². The van der Waals surface area contributed by atoms with E-state index in [0.717, 1.165) is 17.0 Å². The number of halogens is 2. The maximum Gasteiger partial charge on any atom is 0.264 e. The zero-order valence-corrected chi connectivity index (χ0v) is 18.2. The lowest BCUT2D eigenvalue weighted by atomic mass is 10.2. The van der Waals surface area contributed by atoms with Gasteiger partial charge in [-0.15, -0.1) is 11.3 Å². The Morgan fingerprint density at radius 3 is 2.17 bits per heavy atom. The molecule has 1 aliphatic rings. The summed E-state index contributed by atoms with van der Waals surface area (Å²) in [5, 5.41) is 0.454. The first kappa shape index (κ1) is 20.8. The van der Waals surface area contributed by atoms with E-state index in [0.29, 0.717) is 36.1 Å². The maximum atomic E-state index is 13.1. The fraction of sp³-hybridized carbons (Fsp3) is 0.190. The molecular formula is C21H18ClFN2O3S2. The van der Waals surface area contributed by atoms with Crippen molar-refractivity contribution in [3.63, 3.8) is 0 Å². The molecule has 2 heterocycles. The first-order valence-electron chi connectivity index (χ1n) is 9.25. The van der Waals surface area contributed by atoms with E-state index in [1.54, 1.807) is 23.1 Å². The Morgan fingerprint density at radius 2 is 1.53 bits per heavy atom. The van der Waals surface area contributed by atoms with Gasteiger partial charge in [0.25, 0.3) is 5.91 Å². The number of rotatable bonds is 4. The molecule has 4 rings (SSSR count). The molecule has 1 amide bonds. The van der Waals surface area contributed by atoms with Crippen LogP contribution in [0.2, 0.25) is 5.02 Å². The Bertz CT molecular complexity index is 1150. The summed E-state index contributed by atoms with van der Waals surface area (Å²) in [5.41, 5.74) is 0.913. The highest BCUT2D eigenvalue weighted by molar-refractivity contribution is 7.93. The number of benzene rings is 2. The molecule has 1 aromatic heterocycles. The summed E-state index contributed by atoms with van der Waals surface area (Å²) in [7, 11) is -3.70. The number of hydrogen-bond acceptors (Lipinski definition) is 5. The quantitative estimate of drug-likeness (QED) is 0.576. The van der Waals surface area contributed by atoms with Crippen molar-refractivity contribution in [3.8, 4) is 0 Å². The van der Waals surface area contributed by atoms with Crippen LogP contribution in [0.25, 0.3) is 0 Å². The molecule has 5 nitrogen and oxygen atoms in total. The third-order valence-electron chi connectivity index (χ3n) is 4.94. The van der Waals surface area contributed by atoms with Gasteiger partial charge in [-0.3, -0.25) is 4.79 Å². The zero-order chi connectivity index (χ0) is 21.3. The second kappa shape index (κ2) is 8.37. The molecule has 156 valence electrons. The van der Waals surface area contributed by atoms with Crippen LogP contribution in [0.4, 0.5) is 10.1 Å². The molecule has 0 radical (unpaired) electrons. The number of anilines is 1. The van der Waals surface area contributed by atoms with Crippen LogP contribution in [0, 0.1) is 5.82 Å². The van der Waals surface area contributed by atoms with E-state index in [4.69, 9.17) is 11.6 Å². The molecule has 1 aliphatic heterocycles. The molecule has 0 bridgehead atoms. The number of piperazine rings is 1. The van der Waals surface area contributed by atoms with Crippen LogP contribution in [0.3, 0.4) is 0 Å². The maximum absolute atomic E-state index is 13.1. The molecule has 2 aromatic carbocycles. The van der Waals surface area contributed by atoms with Gasteiger partial charge in [0.15, 0.2) is 0 Å². The predicted octanol–water partition coefficient (Wildman–Crippen LogP) is 4.34. The minimum absolute atomic E-state index is 0.123. The normalized spacial score (nSPS) is 14.7. The van der Waals surface area contributed by atoms with Gasteiger partial charge in [-0.2, -0.15) is 0 Å². The van der Waals surface area contributed by atoms with Gasteiger partial charge in [-0.05, 0) is 60.7 Å². The van der Waals surface area contributed by atoms with Crippen molar-refractivity contribution >= 4 is 44.4 Å². The van der Waals surface area contributed by atoms with Crippen LogP contribution in [0.5, 0.6) is 0 Å². The van der Waals surface area contributed by atoms with Gasteiger partial charge in [0.2, 0.25) is 9.84 Å². The minimum Gasteiger partial charge on any atom is -0.368 e. The third-order valence-corrected chi connectivity index (χ3v) is 8.53. The Hall–Kier alpha value is -2.42. The smallest absolute Gasteiger partial charge is 0.264 e. The largest absolute Gasteiger partial charge is 0.368 e. The average molecular weight is 465 g/mol. The number of amides is 1. The van der Waals surface area contributed by atoms with Gasteiger partial charge in [0, 0.05) is 36.9 Å². The van der Waals surface area contributed by atoms with Crippen molar-refractivity contribution in [1.82, 2.24) is 4.90 Å². The first-order valence-corrected chi connectivity index (χ1v) is 11.9. The fourth-order valence-corrected chi connectivity index (χ4v) is 6.09. The van der Waals surface area contributed by atoms with E-state index in [9.17, 15) is 17.6 Å². The summed E-state index contributed by atoms with van der Waals surface area (Å²) in [6.45, 7) is 2.26. The topological polar surface area (TPSA) is 57.7 Å². The standard InChI is InChI=1S/C21H18ClFN2O3S2/c22-15-1-7-18(8-2-15)30(27,28)20-10-9-19(29-20)21(26)25-13-11-24(12-14-25)17-5-3-16(23)4-6-17/h1-10H,11-14H2. The number of hydrogen-bond donors (Lipinski definition) is 0. The molecule has 0 aliphatic carbocycles. The molecule has 3 aromatic rings. The predicted molar refractivity (Wildman–Crippen MR) is 116 cm³/mol. The third kappa shape index (κ3) is 4.21. The minimum atomic E-state index is -3.70. The summed E-state index contributed by atoms with van der Waals surface area (Å²) in [4.78, 5) is 17.2. The molecule has 0 spiro atoms. The van der Waals surface area contributed by atoms with Crippen LogP contribution < -0.4 is 4.90 Å². The van der Waals surface area contributed by atoms with Crippen molar-refractivity contribution in [3.05, 3.63) is 76.4 Å². The van der Waals surface area contributed by atoms with Crippen molar-refractivity contribution in [2.75, 3.05) is 31.1 Å². The Balaban J connectivity index is 1.44. The zero-order valence-electron chi connectivity index (χ0n) is 15.8. The fourth-order valence-electron chi connectivity index (χ4n) is 3.28. The molecule has 0 N–H and O–H groups in total. The van der Waals surface area contributed by atoms with Crippen molar-refractivity contribution < 1.29 is 17.6 Å². The Kier molecular flexibility index (Phi) is 5.81. The van der Waals surface area contributed by atoms with Gasteiger partial charge in [0.05, 0.1) is 9.77 Å². The summed E-state index contributed by atoms with van der Waals surface area (Å²) in [6.07, 6.45) is 0. The monoisotopic (exact) mass is 464 g/mol. The van der Waals surface area contributed by atoms with Crippen LogP contribution in [-0.4, -0.2) is 45.4 Å². The van der Waals surface area contributed by atoms with Gasteiger partial charge in [0.1, 0.15) is 10.0 Å². The van der Waals surface area contributed by atoms with Gasteiger partial charge in [-0.25, -0.2) is 12.8 Å². The second-order valence-corrected chi connectivity index (χ2v) is 10.5.